The van der Waals surface area contributed by atoms with Crippen molar-refractivity contribution in [1.82, 2.24) is 0 Å². The SMILES string of the molecule is CC/C=C/C/C=C/C/C=C/CCCCCCCC(=O)OC[C@H](COP(=O)(O)OC[C@H](N)C(=O)O)OC(=O)CCCCCCCCCCC/C=C/CCCC. The molecule has 0 aromatic rings. The van der Waals surface area contributed by atoms with Crippen molar-refractivity contribution in [1.29, 1.82) is 0 Å². The van der Waals surface area contributed by atoms with E-state index in [1.165, 1.54) is 57.8 Å². The predicted octanol–water partition coefficient (Wildman–Crippen LogP) is 10.6. The number of rotatable bonds is 38. The minimum atomic E-state index is -4.72. The van der Waals surface area contributed by atoms with Gasteiger partial charge in [0.05, 0.1) is 13.2 Å². The van der Waals surface area contributed by atoms with E-state index in [0.717, 1.165) is 70.6 Å². The van der Waals surface area contributed by atoms with E-state index < -0.39 is 51.1 Å². The highest BCUT2D eigenvalue weighted by molar-refractivity contribution is 7.47. The van der Waals surface area contributed by atoms with E-state index in [4.69, 9.17) is 24.8 Å². The number of unbranched alkanes of at least 4 members (excludes halogenated alkanes) is 16. The molecule has 11 nitrogen and oxygen atoms in total. The Balaban J connectivity index is 4.42. The highest BCUT2D eigenvalue weighted by Gasteiger charge is 2.28. The normalized spacial score (nSPS) is 14.3. The van der Waals surface area contributed by atoms with Gasteiger partial charge in [-0.3, -0.25) is 23.4 Å². The van der Waals surface area contributed by atoms with Crippen molar-refractivity contribution >= 4 is 25.7 Å². The van der Waals surface area contributed by atoms with Crippen LogP contribution in [-0.2, 0) is 37.5 Å². The van der Waals surface area contributed by atoms with E-state index in [1.807, 2.05) is 0 Å². The Morgan fingerprint density at radius 2 is 1.04 bits per heavy atom. The number of esters is 2. The predicted molar refractivity (Wildman–Crippen MR) is 217 cm³/mol. The molecule has 0 bridgehead atoms. The Kier molecular flexibility index (Phi) is 35.6. The molecule has 0 aromatic heterocycles. The maximum atomic E-state index is 12.6. The zero-order chi connectivity index (χ0) is 40.0. The van der Waals surface area contributed by atoms with Crippen LogP contribution in [0.5, 0.6) is 0 Å². The third-order valence-corrected chi connectivity index (χ3v) is 9.51. The molecule has 4 N–H and O–H groups in total. The molecule has 1 unspecified atom stereocenters. The van der Waals surface area contributed by atoms with Crippen LogP contribution in [0, 0.1) is 0 Å². The van der Waals surface area contributed by atoms with Gasteiger partial charge in [0.1, 0.15) is 12.6 Å². The minimum absolute atomic E-state index is 0.154. The van der Waals surface area contributed by atoms with Crippen LogP contribution >= 0.6 is 7.82 Å². The number of phosphoric ester groups is 1. The van der Waals surface area contributed by atoms with Gasteiger partial charge in [-0.25, -0.2) is 4.57 Å². The van der Waals surface area contributed by atoms with E-state index in [1.54, 1.807) is 0 Å². The van der Waals surface area contributed by atoms with E-state index in [2.05, 4.69) is 67.0 Å². The average molecular weight is 784 g/mol. The van der Waals surface area contributed by atoms with Crippen molar-refractivity contribution in [2.75, 3.05) is 19.8 Å². The van der Waals surface area contributed by atoms with Gasteiger partial charge in [0.15, 0.2) is 6.10 Å². The third kappa shape index (κ3) is 36.4. The lowest BCUT2D eigenvalue weighted by atomic mass is 10.1. The summed E-state index contributed by atoms with van der Waals surface area (Å²) < 4.78 is 32.6. The van der Waals surface area contributed by atoms with E-state index in [0.29, 0.717) is 12.8 Å². The number of ether oxygens (including phenoxy) is 2. The summed E-state index contributed by atoms with van der Waals surface area (Å²) in [5.74, 6) is -2.41. The lowest BCUT2D eigenvalue weighted by Gasteiger charge is -2.20. The fourth-order valence-corrected chi connectivity index (χ4v) is 6.07. The van der Waals surface area contributed by atoms with Gasteiger partial charge in [-0.05, 0) is 64.2 Å². The fourth-order valence-electron chi connectivity index (χ4n) is 5.29. The van der Waals surface area contributed by atoms with Crippen molar-refractivity contribution in [3.8, 4) is 0 Å². The molecule has 0 aliphatic carbocycles. The summed E-state index contributed by atoms with van der Waals surface area (Å²) >= 11 is 0. The first-order valence-electron chi connectivity index (χ1n) is 20.7. The number of carboxylic acids is 1. The smallest absolute Gasteiger partial charge is 0.472 e. The zero-order valence-corrected chi connectivity index (χ0v) is 34.4. The van der Waals surface area contributed by atoms with Gasteiger partial charge in [-0.1, -0.05) is 140 Å². The number of carboxylic acid groups (broad SMARTS) is 1. The molecular formula is C42H74NO10P. The molecule has 0 aromatic carbocycles. The van der Waals surface area contributed by atoms with E-state index >= 15 is 0 Å². The van der Waals surface area contributed by atoms with Crippen LogP contribution in [-0.4, -0.2) is 59.9 Å². The third-order valence-electron chi connectivity index (χ3n) is 8.56. The van der Waals surface area contributed by atoms with Crippen LogP contribution in [0.1, 0.15) is 168 Å². The second-order valence-corrected chi connectivity index (χ2v) is 15.2. The number of phosphoric acid groups is 1. The number of nitrogens with two attached hydrogens (primary N) is 1. The molecule has 0 radical (unpaired) electrons. The molecule has 0 aliphatic heterocycles. The van der Waals surface area contributed by atoms with Crippen molar-refractivity contribution < 1.29 is 47.5 Å². The number of carbonyl (C=O) groups excluding carboxylic acids is 2. The molecule has 0 amide bonds. The van der Waals surface area contributed by atoms with Crippen molar-refractivity contribution in [3.63, 3.8) is 0 Å². The van der Waals surface area contributed by atoms with Gasteiger partial charge in [0.2, 0.25) is 0 Å². The Bertz CT molecular complexity index is 1110. The van der Waals surface area contributed by atoms with Gasteiger partial charge in [-0.15, -0.1) is 0 Å². The molecular weight excluding hydrogens is 709 g/mol. The molecule has 0 aliphatic rings. The monoisotopic (exact) mass is 784 g/mol. The fraction of sp³-hybridized carbons (Fsp3) is 0.738. The first-order chi connectivity index (χ1) is 26.1. The van der Waals surface area contributed by atoms with Gasteiger partial charge in [0.25, 0.3) is 0 Å². The Labute approximate surface area is 326 Å². The highest BCUT2D eigenvalue weighted by Crippen LogP contribution is 2.43. The molecule has 0 rings (SSSR count). The Hall–Kier alpha value is -2.56. The molecule has 3 atom stereocenters. The Morgan fingerprint density at radius 3 is 1.57 bits per heavy atom. The zero-order valence-electron chi connectivity index (χ0n) is 33.6. The summed E-state index contributed by atoms with van der Waals surface area (Å²) in [6.45, 7) is 2.63. The quantitative estimate of drug-likeness (QED) is 0.0235. The van der Waals surface area contributed by atoms with Gasteiger partial charge >= 0.3 is 25.7 Å². The number of hydrogen-bond donors (Lipinski definition) is 3. The molecule has 0 heterocycles. The second-order valence-electron chi connectivity index (χ2n) is 13.7. The maximum absolute atomic E-state index is 12.6. The van der Waals surface area contributed by atoms with Crippen LogP contribution in [0.2, 0.25) is 0 Å². The van der Waals surface area contributed by atoms with Crippen LogP contribution < -0.4 is 5.73 Å². The standard InChI is InChI=1S/C42H74NO10P/c1-3-5-7-9-11-13-15-17-19-21-23-25-27-29-31-33-40(44)50-35-38(36-51-54(48,49)52-37-39(43)42(46)47)53-41(45)34-32-30-28-26-24-22-20-18-16-14-12-10-8-6-4-2/h5,7,10-13,17,19,38-39H,3-4,6,8-9,14-16,18,20-37,43H2,1-2H3,(H,46,47)(H,48,49)/b7-5+,12-10+,13-11+,19-17+/t38-,39+/m1/s1. The number of aliphatic carboxylic acids is 1. The summed E-state index contributed by atoms with van der Waals surface area (Å²) in [5, 5.41) is 8.88. The van der Waals surface area contributed by atoms with Gasteiger partial charge in [0, 0.05) is 12.8 Å². The van der Waals surface area contributed by atoms with Crippen molar-refractivity contribution in [2.45, 2.75) is 180 Å². The average Bonchev–Trinajstić information content (AvgIpc) is 3.14. The topological polar surface area (TPSA) is 172 Å². The lowest BCUT2D eigenvalue weighted by Crippen LogP contribution is -2.34. The molecule has 0 fully saturated rings. The Morgan fingerprint density at radius 1 is 0.593 bits per heavy atom. The summed E-state index contributed by atoms with van der Waals surface area (Å²) in [6.07, 6.45) is 40.3. The van der Waals surface area contributed by atoms with Crippen LogP contribution in [0.3, 0.4) is 0 Å². The number of allylic oxidation sites excluding steroid dienone is 8. The molecule has 0 spiro atoms. The molecule has 312 valence electrons. The maximum Gasteiger partial charge on any atom is 0.472 e. The van der Waals surface area contributed by atoms with Crippen molar-refractivity contribution in [2.24, 2.45) is 5.73 Å². The van der Waals surface area contributed by atoms with Gasteiger partial charge < -0.3 is 25.2 Å². The summed E-state index contributed by atoms with van der Waals surface area (Å²) in [6, 6.07) is -1.52. The van der Waals surface area contributed by atoms with E-state index in [9.17, 15) is 23.8 Å². The molecule has 0 saturated heterocycles. The van der Waals surface area contributed by atoms with Gasteiger partial charge in [-0.2, -0.15) is 0 Å². The van der Waals surface area contributed by atoms with Crippen molar-refractivity contribution in [3.05, 3.63) is 48.6 Å². The molecule has 12 heteroatoms. The minimum Gasteiger partial charge on any atom is -0.480 e. The summed E-state index contributed by atoms with van der Waals surface area (Å²) in [5.41, 5.74) is 5.32. The molecule has 54 heavy (non-hydrogen) atoms. The number of hydrogen-bond acceptors (Lipinski definition) is 9. The molecule has 0 saturated carbocycles. The summed E-state index contributed by atoms with van der Waals surface area (Å²) in [4.78, 5) is 45.9. The first kappa shape index (κ1) is 51.4. The summed E-state index contributed by atoms with van der Waals surface area (Å²) in [7, 11) is -4.72. The highest BCUT2D eigenvalue weighted by atomic mass is 31.2. The van der Waals surface area contributed by atoms with Crippen LogP contribution in [0.25, 0.3) is 0 Å². The largest absolute Gasteiger partial charge is 0.480 e. The second kappa shape index (κ2) is 37.4. The number of carbonyl (C=O) groups is 3. The van der Waals surface area contributed by atoms with Crippen LogP contribution in [0.4, 0.5) is 0 Å². The first-order valence-corrected chi connectivity index (χ1v) is 22.2. The lowest BCUT2D eigenvalue weighted by molar-refractivity contribution is -0.161. The van der Waals surface area contributed by atoms with Crippen LogP contribution in [0.15, 0.2) is 48.6 Å². The van der Waals surface area contributed by atoms with E-state index in [-0.39, 0.29) is 19.4 Å².